The number of nitrogens with one attached hydrogen (secondary N) is 2. The molecule has 2 amide bonds. The van der Waals surface area contributed by atoms with Gasteiger partial charge in [-0.3, -0.25) is 9.59 Å². The van der Waals surface area contributed by atoms with Gasteiger partial charge in [-0.1, -0.05) is 59.6 Å². The minimum absolute atomic E-state index is 0.000817. The Kier molecular flexibility index (Phi) is 8.41. The summed E-state index contributed by atoms with van der Waals surface area (Å²) in [7, 11) is 1.48. The summed E-state index contributed by atoms with van der Waals surface area (Å²) >= 11 is 6.13. The third kappa shape index (κ3) is 6.34. The average Bonchev–Trinajstić information content (AvgIpc) is 2.98. The lowest BCUT2D eigenvalue weighted by Crippen LogP contribution is -2.13. The second kappa shape index (κ2) is 12.3. The molecular formula is C34H29ClN4O4. The number of amides is 2. The first-order valence-corrected chi connectivity index (χ1v) is 13.8. The molecule has 0 heterocycles. The largest absolute Gasteiger partial charge is 0.505 e. The number of rotatable bonds is 7. The third-order valence-electron chi connectivity index (χ3n) is 7.00. The highest BCUT2D eigenvalue weighted by molar-refractivity contribution is 6.31. The van der Waals surface area contributed by atoms with Crippen LogP contribution in [-0.4, -0.2) is 24.0 Å². The summed E-state index contributed by atoms with van der Waals surface area (Å²) in [5.74, 6) is -0.730. The highest BCUT2D eigenvalue weighted by Gasteiger charge is 2.20. The molecule has 0 bridgehead atoms. The molecule has 5 aromatic rings. The summed E-state index contributed by atoms with van der Waals surface area (Å²) in [6, 6.07) is 24.7. The number of azo groups is 1. The molecule has 5 rings (SSSR count). The van der Waals surface area contributed by atoms with Crippen molar-refractivity contribution in [1.82, 2.24) is 0 Å². The van der Waals surface area contributed by atoms with E-state index < -0.39 is 5.91 Å². The van der Waals surface area contributed by atoms with Crippen molar-refractivity contribution in [3.8, 4) is 11.5 Å². The van der Waals surface area contributed by atoms with Crippen LogP contribution < -0.4 is 15.4 Å². The molecule has 0 fully saturated rings. The van der Waals surface area contributed by atoms with Crippen LogP contribution in [0.5, 0.6) is 11.5 Å². The van der Waals surface area contributed by atoms with E-state index in [1.165, 1.54) is 7.11 Å². The molecule has 5 aromatic carbocycles. The Morgan fingerprint density at radius 2 is 1.56 bits per heavy atom. The SMILES string of the molecule is COc1ccc(Cl)cc1NC(=O)c1cc2ccccc2c(N=Nc2cc(NC(=O)c3ccc(C)cc3C)ccc2C)c1O. The molecular weight excluding hydrogens is 564 g/mol. The van der Waals surface area contributed by atoms with Crippen molar-refractivity contribution < 1.29 is 19.4 Å². The summed E-state index contributed by atoms with van der Waals surface area (Å²) in [5, 5.41) is 27.5. The van der Waals surface area contributed by atoms with Crippen LogP contribution in [0.2, 0.25) is 5.02 Å². The predicted molar refractivity (Wildman–Crippen MR) is 171 cm³/mol. The second-order valence-corrected chi connectivity index (χ2v) is 10.6. The number of hydrogen-bond donors (Lipinski definition) is 3. The monoisotopic (exact) mass is 592 g/mol. The van der Waals surface area contributed by atoms with Gasteiger partial charge in [-0.2, -0.15) is 5.11 Å². The predicted octanol–water partition coefficient (Wildman–Crippen LogP) is 9.05. The molecule has 216 valence electrons. The third-order valence-corrected chi connectivity index (χ3v) is 7.24. The Labute approximate surface area is 254 Å². The molecule has 0 aromatic heterocycles. The van der Waals surface area contributed by atoms with E-state index in [4.69, 9.17) is 16.3 Å². The Morgan fingerprint density at radius 1 is 0.791 bits per heavy atom. The van der Waals surface area contributed by atoms with Gasteiger partial charge < -0.3 is 20.5 Å². The van der Waals surface area contributed by atoms with Crippen molar-refractivity contribution in [2.45, 2.75) is 20.8 Å². The van der Waals surface area contributed by atoms with Crippen molar-refractivity contribution in [2.24, 2.45) is 10.2 Å². The van der Waals surface area contributed by atoms with Gasteiger partial charge in [0.15, 0.2) is 5.75 Å². The lowest BCUT2D eigenvalue weighted by Gasteiger charge is -2.13. The van der Waals surface area contributed by atoms with Crippen LogP contribution in [0, 0.1) is 20.8 Å². The van der Waals surface area contributed by atoms with E-state index in [-0.39, 0.29) is 22.9 Å². The number of phenols is 1. The molecule has 0 saturated heterocycles. The summed E-state index contributed by atoms with van der Waals surface area (Å²) in [4.78, 5) is 26.3. The molecule has 9 heteroatoms. The van der Waals surface area contributed by atoms with Gasteiger partial charge in [0.05, 0.1) is 24.0 Å². The van der Waals surface area contributed by atoms with Crippen LogP contribution in [0.3, 0.4) is 0 Å². The molecule has 0 atom stereocenters. The van der Waals surface area contributed by atoms with Crippen molar-refractivity contribution in [2.75, 3.05) is 17.7 Å². The number of halogens is 1. The van der Waals surface area contributed by atoms with Crippen molar-refractivity contribution in [3.05, 3.63) is 118 Å². The van der Waals surface area contributed by atoms with Crippen LogP contribution in [-0.2, 0) is 0 Å². The number of fused-ring (bicyclic) bond motifs is 1. The number of phenolic OH excluding ortho intramolecular Hbond substituents is 1. The van der Waals surface area contributed by atoms with Crippen molar-refractivity contribution >= 4 is 56.9 Å². The highest BCUT2D eigenvalue weighted by atomic mass is 35.5. The van der Waals surface area contributed by atoms with Crippen LogP contribution in [0.4, 0.5) is 22.7 Å². The molecule has 0 unspecified atom stereocenters. The highest BCUT2D eigenvalue weighted by Crippen LogP contribution is 2.40. The summed E-state index contributed by atoms with van der Waals surface area (Å²) in [6.07, 6.45) is 0. The van der Waals surface area contributed by atoms with E-state index in [9.17, 15) is 14.7 Å². The van der Waals surface area contributed by atoms with Gasteiger partial charge in [0.1, 0.15) is 11.4 Å². The molecule has 0 saturated carbocycles. The Hall–Kier alpha value is -5.21. The topological polar surface area (TPSA) is 112 Å². The quantitative estimate of drug-likeness (QED) is 0.164. The van der Waals surface area contributed by atoms with Crippen LogP contribution in [0.1, 0.15) is 37.4 Å². The number of nitrogens with zero attached hydrogens (tertiary/aromatic N) is 2. The first-order chi connectivity index (χ1) is 20.6. The van der Waals surface area contributed by atoms with Crippen molar-refractivity contribution in [3.63, 3.8) is 0 Å². The van der Waals surface area contributed by atoms with Crippen LogP contribution >= 0.6 is 11.6 Å². The molecule has 0 aliphatic heterocycles. The van der Waals surface area contributed by atoms with Crippen LogP contribution in [0.25, 0.3) is 10.8 Å². The van der Waals surface area contributed by atoms with E-state index in [1.807, 2.05) is 57.2 Å². The fraction of sp³-hybridized carbons (Fsp3) is 0.118. The Balaban J connectivity index is 1.48. The lowest BCUT2D eigenvalue weighted by atomic mass is 10.0. The van der Waals surface area contributed by atoms with Gasteiger partial charge in [0, 0.05) is 21.7 Å². The number of aromatic hydroxyl groups is 1. The fourth-order valence-corrected chi connectivity index (χ4v) is 4.90. The minimum atomic E-state index is -0.576. The number of benzene rings is 5. The minimum Gasteiger partial charge on any atom is -0.505 e. The zero-order chi connectivity index (χ0) is 30.7. The van der Waals surface area contributed by atoms with Crippen molar-refractivity contribution in [1.29, 1.82) is 0 Å². The van der Waals surface area contributed by atoms with E-state index in [0.717, 1.165) is 16.7 Å². The van der Waals surface area contributed by atoms with E-state index in [0.29, 0.717) is 44.2 Å². The van der Waals surface area contributed by atoms with Gasteiger partial charge in [0.2, 0.25) is 0 Å². The molecule has 0 spiro atoms. The maximum Gasteiger partial charge on any atom is 0.259 e. The van der Waals surface area contributed by atoms with Gasteiger partial charge in [-0.05, 0) is 79.7 Å². The van der Waals surface area contributed by atoms with Gasteiger partial charge in [-0.25, -0.2) is 0 Å². The molecule has 0 aliphatic rings. The average molecular weight is 593 g/mol. The standard InChI is InChI=1S/C34H29ClN4O4/c1-19-9-13-25(21(3)15-19)33(41)36-24-12-10-20(2)28(18-24)38-39-31-26-8-6-5-7-22(26)16-27(32(31)40)34(42)37-29-17-23(35)11-14-30(29)43-4/h5-18,40H,1-4H3,(H,36,41)(H,37,42). The zero-order valence-electron chi connectivity index (χ0n) is 24.0. The molecule has 3 N–H and O–H groups in total. The zero-order valence-corrected chi connectivity index (χ0v) is 24.8. The normalized spacial score (nSPS) is 11.1. The number of carbonyl (C=O) groups is 2. The summed E-state index contributed by atoms with van der Waals surface area (Å²) in [6.45, 7) is 5.74. The summed E-state index contributed by atoms with van der Waals surface area (Å²) in [5.41, 5.74) is 4.86. The first-order valence-electron chi connectivity index (χ1n) is 13.4. The lowest BCUT2D eigenvalue weighted by molar-refractivity contribution is 0.101. The van der Waals surface area contributed by atoms with Gasteiger partial charge >= 0.3 is 0 Å². The number of hydrogen-bond acceptors (Lipinski definition) is 6. The smallest absolute Gasteiger partial charge is 0.259 e. The van der Waals surface area contributed by atoms with E-state index in [2.05, 4.69) is 20.9 Å². The maximum absolute atomic E-state index is 13.4. The van der Waals surface area contributed by atoms with E-state index >= 15 is 0 Å². The van der Waals surface area contributed by atoms with Gasteiger partial charge in [-0.15, -0.1) is 5.11 Å². The molecule has 0 radical (unpaired) electrons. The van der Waals surface area contributed by atoms with Crippen LogP contribution in [0.15, 0.2) is 95.2 Å². The summed E-state index contributed by atoms with van der Waals surface area (Å²) < 4.78 is 5.33. The molecule has 0 aliphatic carbocycles. The Bertz CT molecular complexity index is 1920. The maximum atomic E-state index is 13.4. The second-order valence-electron chi connectivity index (χ2n) is 10.1. The van der Waals surface area contributed by atoms with Gasteiger partial charge in [0.25, 0.3) is 11.8 Å². The van der Waals surface area contributed by atoms with E-state index in [1.54, 1.807) is 48.5 Å². The Morgan fingerprint density at radius 3 is 2.33 bits per heavy atom. The fourth-order valence-electron chi connectivity index (χ4n) is 4.72. The molecule has 8 nitrogen and oxygen atoms in total. The number of carbonyl (C=O) groups excluding carboxylic acids is 2. The first kappa shape index (κ1) is 29.3. The number of ether oxygens (including phenoxy) is 1. The number of methoxy groups -OCH3 is 1. The number of anilines is 2. The molecule has 43 heavy (non-hydrogen) atoms. The number of aryl methyl sites for hydroxylation is 3.